The summed E-state index contributed by atoms with van der Waals surface area (Å²) < 4.78 is 34.9. The lowest BCUT2D eigenvalue weighted by Gasteiger charge is -2.53. The summed E-state index contributed by atoms with van der Waals surface area (Å²) in [5.74, 6) is -5.60. The molecule has 0 aliphatic heterocycles. The summed E-state index contributed by atoms with van der Waals surface area (Å²) >= 11 is 0. The Kier molecular flexibility index (Phi) is 18.7. The predicted octanol–water partition coefficient (Wildman–Crippen LogP) is -0.237. The van der Waals surface area contributed by atoms with Crippen molar-refractivity contribution in [1.82, 2.24) is 0 Å². The van der Waals surface area contributed by atoms with Gasteiger partial charge in [-0.1, -0.05) is 6.92 Å². The molecule has 14 nitrogen and oxygen atoms in total. The Balaban J connectivity index is 6.87. The molecular weight excluding hydrogens is 548 g/mol. The van der Waals surface area contributed by atoms with Crippen LogP contribution in [0.25, 0.3) is 0 Å². The number of hydrogen-bond donors (Lipinski definition) is 8. The van der Waals surface area contributed by atoms with Crippen molar-refractivity contribution in [3.05, 3.63) is 0 Å². The van der Waals surface area contributed by atoms with Gasteiger partial charge in [0.25, 0.3) is 11.9 Å². The number of aliphatic hydroxyl groups excluding tert-OH is 7. The molecule has 8 N–H and O–H groups in total. The van der Waals surface area contributed by atoms with Gasteiger partial charge in [-0.25, -0.2) is 0 Å². The molecule has 0 amide bonds. The van der Waals surface area contributed by atoms with E-state index in [0.29, 0.717) is 0 Å². The molecular formula is C27H56O14. The Labute approximate surface area is 243 Å². The fourth-order valence-electron chi connectivity index (χ4n) is 3.79. The third-order valence-corrected chi connectivity index (χ3v) is 6.17. The van der Waals surface area contributed by atoms with Gasteiger partial charge in [-0.2, -0.15) is 0 Å². The highest BCUT2D eigenvalue weighted by molar-refractivity contribution is 4.92. The average molecular weight is 605 g/mol. The summed E-state index contributed by atoms with van der Waals surface area (Å²) in [6.45, 7) is 9.15. The zero-order valence-corrected chi connectivity index (χ0v) is 25.7. The Hall–Kier alpha value is -0.560. The van der Waals surface area contributed by atoms with Crippen molar-refractivity contribution in [3.63, 3.8) is 0 Å². The number of hydrogen-bond acceptors (Lipinski definition) is 14. The van der Waals surface area contributed by atoms with Gasteiger partial charge in [0, 0.05) is 32.2 Å². The van der Waals surface area contributed by atoms with E-state index in [2.05, 4.69) is 0 Å². The highest BCUT2D eigenvalue weighted by Crippen LogP contribution is 2.49. The van der Waals surface area contributed by atoms with Gasteiger partial charge in [-0.15, -0.1) is 0 Å². The van der Waals surface area contributed by atoms with E-state index in [1.54, 1.807) is 27.7 Å². The van der Waals surface area contributed by atoms with Crippen LogP contribution < -0.4 is 0 Å². The summed E-state index contributed by atoms with van der Waals surface area (Å²) in [4.78, 5) is 0. The molecule has 0 bridgehead atoms. The van der Waals surface area contributed by atoms with Crippen LogP contribution in [0, 0.1) is 11.3 Å². The second-order valence-corrected chi connectivity index (χ2v) is 11.5. The van der Waals surface area contributed by atoms with Crippen molar-refractivity contribution in [2.75, 3.05) is 46.2 Å². The van der Waals surface area contributed by atoms with Crippen LogP contribution >= 0.6 is 0 Å². The minimum absolute atomic E-state index is 0.0623. The van der Waals surface area contributed by atoms with E-state index in [0.717, 1.165) is 0 Å². The molecule has 248 valence electrons. The standard InChI is InChI=1S/C27H56O14/c1-19(17-30)18-39-27(38-14-9-12-29,40-23(34)22(33)36-13-8-11-28)25(6,7)26(35,37-15-10-20(2)31)41-24(4,5)16-21(3)32/h19-23,28-35H,8-18H2,1-7H3. The third kappa shape index (κ3) is 13.7. The molecule has 7 unspecified atom stereocenters. The summed E-state index contributed by atoms with van der Waals surface area (Å²) in [5.41, 5.74) is -3.17. The molecule has 7 atom stereocenters. The molecule has 0 saturated heterocycles. The van der Waals surface area contributed by atoms with E-state index in [1.165, 1.54) is 20.8 Å². The predicted molar refractivity (Wildman–Crippen MR) is 146 cm³/mol. The lowest BCUT2D eigenvalue weighted by atomic mass is 9.85. The Morgan fingerprint density at radius 2 is 1.29 bits per heavy atom. The minimum atomic E-state index is -2.65. The van der Waals surface area contributed by atoms with Gasteiger partial charge in [-0.3, -0.25) is 4.74 Å². The molecule has 0 aromatic heterocycles. The fourth-order valence-corrected chi connectivity index (χ4v) is 3.79. The maximum absolute atomic E-state index is 12.1. The van der Waals surface area contributed by atoms with Crippen LogP contribution in [0.3, 0.4) is 0 Å². The van der Waals surface area contributed by atoms with Crippen LogP contribution in [0.1, 0.15) is 74.1 Å². The van der Waals surface area contributed by atoms with Crippen LogP contribution in [-0.4, -0.2) is 129 Å². The second-order valence-electron chi connectivity index (χ2n) is 11.5. The highest BCUT2D eigenvalue weighted by atomic mass is 16.9. The van der Waals surface area contributed by atoms with Crippen LogP contribution in [0.2, 0.25) is 0 Å². The van der Waals surface area contributed by atoms with Crippen molar-refractivity contribution in [2.24, 2.45) is 11.3 Å². The molecule has 14 heteroatoms. The molecule has 0 radical (unpaired) electrons. The monoisotopic (exact) mass is 604 g/mol. The quantitative estimate of drug-likeness (QED) is 0.0499. The van der Waals surface area contributed by atoms with Gasteiger partial charge >= 0.3 is 0 Å². The Morgan fingerprint density at radius 1 is 0.707 bits per heavy atom. The normalized spacial score (nSPS) is 19.7. The number of rotatable bonds is 25. The molecule has 41 heavy (non-hydrogen) atoms. The fraction of sp³-hybridized carbons (Fsp3) is 1.00. The smallest absolute Gasteiger partial charge is 0.298 e. The molecule has 0 heterocycles. The lowest BCUT2D eigenvalue weighted by molar-refractivity contribution is -0.540. The van der Waals surface area contributed by atoms with E-state index in [1.807, 2.05) is 0 Å². The zero-order chi connectivity index (χ0) is 31.9. The average Bonchev–Trinajstić information content (AvgIpc) is 2.85. The van der Waals surface area contributed by atoms with Gasteiger partial charge in [0.15, 0.2) is 0 Å². The first-order valence-electron chi connectivity index (χ1n) is 14.1. The third-order valence-electron chi connectivity index (χ3n) is 6.17. The van der Waals surface area contributed by atoms with E-state index >= 15 is 0 Å². The first-order chi connectivity index (χ1) is 18.9. The molecule has 0 aliphatic carbocycles. The number of ether oxygens (including phenoxy) is 6. The van der Waals surface area contributed by atoms with Crippen molar-refractivity contribution in [3.8, 4) is 0 Å². The van der Waals surface area contributed by atoms with Gasteiger partial charge < -0.3 is 64.5 Å². The first kappa shape index (κ1) is 40.4. The Morgan fingerprint density at radius 3 is 1.80 bits per heavy atom. The van der Waals surface area contributed by atoms with Crippen molar-refractivity contribution in [1.29, 1.82) is 0 Å². The maximum atomic E-state index is 12.1. The van der Waals surface area contributed by atoms with E-state index in [4.69, 9.17) is 33.5 Å². The molecule has 0 aromatic rings. The zero-order valence-electron chi connectivity index (χ0n) is 25.7. The molecule has 0 fully saturated rings. The summed E-state index contributed by atoms with van der Waals surface area (Å²) in [6.07, 6.45) is -5.27. The van der Waals surface area contributed by atoms with Gasteiger partial charge in [-0.05, 0) is 60.8 Å². The molecule has 0 aromatic carbocycles. The summed E-state index contributed by atoms with van der Waals surface area (Å²) in [7, 11) is 0. The van der Waals surface area contributed by atoms with Gasteiger partial charge in [0.1, 0.15) is 5.41 Å². The molecule has 0 aliphatic rings. The highest BCUT2D eigenvalue weighted by Gasteiger charge is 2.66. The SMILES string of the molecule is CC(O)CCOC(O)(OC(C)(C)CC(C)O)C(C)(C)C(OCCCO)(OCC(C)CO)OC(O)C(O)OCCCO. The first-order valence-corrected chi connectivity index (χ1v) is 14.1. The lowest BCUT2D eigenvalue weighted by Crippen LogP contribution is -2.67. The van der Waals surface area contributed by atoms with E-state index in [9.17, 15) is 35.7 Å². The van der Waals surface area contributed by atoms with Gasteiger partial charge in [0.05, 0.1) is 44.2 Å². The Bertz CT molecular complexity index is 676. The van der Waals surface area contributed by atoms with Crippen molar-refractivity contribution >= 4 is 0 Å². The molecule has 0 saturated carbocycles. The van der Waals surface area contributed by atoms with Gasteiger partial charge in [0.2, 0.25) is 12.6 Å². The van der Waals surface area contributed by atoms with Crippen LogP contribution in [0.15, 0.2) is 0 Å². The number of aliphatic hydroxyl groups is 8. The van der Waals surface area contributed by atoms with E-state index < -0.39 is 53.7 Å². The van der Waals surface area contributed by atoms with Crippen molar-refractivity contribution in [2.45, 2.75) is 116 Å². The minimum Gasteiger partial charge on any atom is -0.396 e. The van der Waals surface area contributed by atoms with E-state index in [-0.39, 0.29) is 71.9 Å². The molecule has 0 rings (SSSR count). The van der Waals surface area contributed by atoms with Crippen LogP contribution in [0.5, 0.6) is 0 Å². The summed E-state index contributed by atoms with van der Waals surface area (Å²) in [5, 5.41) is 81.2. The maximum Gasteiger partial charge on any atom is 0.298 e. The topological polar surface area (TPSA) is 217 Å². The molecule has 0 spiro atoms. The van der Waals surface area contributed by atoms with Crippen LogP contribution in [0.4, 0.5) is 0 Å². The second kappa shape index (κ2) is 19.0. The van der Waals surface area contributed by atoms with Crippen LogP contribution in [-0.2, 0) is 28.4 Å². The van der Waals surface area contributed by atoms with Crippen molar-refractivity contribution < 1.29 is 69.3 Å². The largest absolute Gasteiger partial charge is 0.396 e. The summed E-state index contributed by atoms with van der Waals surface area (Å²) in [6, 6.07) is 0.